The van der Waals surface area contributed by atoms with E-state index >= 15 is 0 Å². The predicted octanol–water partition coefficient (Wildman–Crippen LogP) is 4.96. The maximum Gasteiger partial charge on any atom is 0.115 e. The molecule has 0 unspecified atom stereocenters. The van der Waals surface area contributed by atoms with Crippen molar-refractivity contribution in [3.05, 3.63) is 57.0 Å². The molecule has 18 heavy (non-hydrogen) atoms. The SMILES string of the molecule is Oc1ccc(CNc2cc(Cl)c(Cl)cc2Cl)cc1. The summed E-state index contributed by atoms with van der Waals surface area (Å²) < 4.78 is 0. The van der Waals surface area contributed by atoms with E-state index in [0.717, 1.165) is 11.3 Å². The van der Waals surface area contributed by atoms with Gasteiger partial charge in [-0.25, -0.2) is 0 Å². The number of aromatic hydroxyl groups is 1. The molecule has 94 valence electrons. The molecule has 2 rings (SSSR count). The van der Waals surface area contributed by atoms with Crippen LogP contribution in [0.1, 0.15) is 5.56 Å². The van der Waals surface area contributed by atoms with Gasteiger partial charge in [-0.15, -0.1) is 0 Å². The van der Waals surface area contributed by atoms with Crippen molar-refractivity contribution in [1.29, 1.82) is 0 Å². The molecule has 0 saturated carbocycles. The zero-order chi connectivity index (χ0) is 13.1. The van der Waals surface area contributed by atoms with Crippen molar-refractivity contribution in [2.24, 2.45) is 0 Å². The van der Waals surface area contributed by atoms with Gasteiger partial charge in [0.15, 0.2) is 0 Å². The topological polar surface area (TPSA) is 32.3 Å². The lowest BCUT2D eigenvalue weighted by Gasteiger charge is -2.10. The summed E-state index contributed by atoms with van der Waals surface area (Å²) in [5.74, 6) is 0.242. The highest BCUT2D eigenvalue weighted by Gasteiger charge is 2.05. The standard InChI is InChI=1S/C13H10Cl3NO/c14-10-5-12(16)13(6-11(10)15)17-7-8-1-3-9(18)4-2-8/h1-6,17-18H,7H2. The van der Waals surface area contributed by atoms with Gasteiger partial charge in [-0.05, 0) is 29.8 Å². The molecule has 2 nitrogen and oxygen atoms in total. The van der Waals surface area contributed by atoms with Crippen LogP contribution in [0.2, 0.25) is 15.1 Å². The molecule has 0 atom stereocenters. The fourth-order valence-corrected chi connectivity index (χ4v) is 2.08. The van der Waals surface area contributed by atoms with Crippen LogP contribution in [0.4, 0.5) is 5.69 Å². The maximum absolute atomic E-state index is 9.18. The number of halogens is 3. The molecule has 0 aromatic heterocycles. The zero-order valence-electron chi connectivity index (χ0n) is 9.25. The Morgan fingerprint density at radius 3 is 2.17 bits per heavy atom. The van der Waals surface area contributed by atoms with Crippen LogP contribution >= 0.6 is 34.8 Å². The first kappa shape index (κ1) is 13.3. The number of anilines is 1. The first-order chi connectivity index (χ1) is 8.56. The third kappa shape index (κ3) is 3.22. The highest BCUT2D eigenvalue weighted by Crippen LogP contribution is 2.32. The second-order valence-electron chi connectivity index (χ2n) is 3.77. The molecule has 0 heterocycles. The summed E-state index contributed by atoms with van der Waals surface area (Å²) in [4.78, 5) is 0. The molecule has 0 aliphatic carbocycles. The van der Waals surface area contributed by atoms with Gasteiger partial charge in [-0.1, -0.05) is 46.9 Å². The predicted molar refractivity (Wildman–Crippen MR) is 76.9 cm³/mol. The Kier molecular flexibility index (Phi) is 4.23. The molecule has 0 aliphatic rings. The van der Waals surface area contributed by atoms with Crippen LogP contribution in [0.3, 0.4) is 0 Å². The van der Waals surface area contributed by atoms with Crippen molar-refractivity contribution >= 4 is 40.5 Å². The highest BCUT2D eigenvalue weighted by atomic mass is 35.5. The van der Waals surface area contributed by atoms with Crippen molar-refractivity contribution in [3.63, 3.8) is 0 Å². The number of rotatable bonds is 3. The van der Waals surface area contributed by atoms with Gasteiger partial charge >= 0.3 is 0 Å². The van der Waals surface area contributed by atoms with Crippen LogP contribution < -0.4 is 5.32 Å². The van der Waals surface area contributed by atoms with Crippen LogP contribution in [0.25, 0.3) is 0 Å². The van der Waals surface area contributed by atoms with Crippen LogP contribution in [0, 0.1) is 0 Å². The number of nitrogens with one attached hydrogen (secondary N) is 1. The minimum absolute atomic E-state index is 0.242. The molecule has 5 heteroatoms. The first-order valence-corrected chi connectivity index (χ1v) is 6.36. The van der Waals surface area contributed by atoms with Crippen molar-refractivity contribution in [3.8, 4) is 5.75 Å². The van der Waals surface area contributed by atoms with E-state index < -0.39 is 0 Å². The minimum Gasteiger partial charge on any atom is -0.508 e. The third-order valence-corrected chi connectivity index (χ3v) is 3.46. The van der Waals surface area contributed by atoms with Gasteiger partial charge in [0, 0.05) is 6.54 Å². The van der Waals surface area contributed by atoms with E-state index in [-0.39, 0.29) is 5.75 Å². The number of hydrogen-bond donors (Lipinski definition) is 2. The van der Waals surface area contributed by atoms with Gasteiger partial charge in [0.2, 0.25) is 0 Å². The lowest BCUT2D eigenvalue weighted by molar-refractivity contribution is 0.475. The number of hydrogen-bond acceptors (Lipinski definition) is 2. The van der Waals surface area contributed by atoms with Gasteiger partial charge in [0.1, 0.15) is 5.75 Å². The Labute approximate surface area is 120 Å². The minimum atomic E-state index is 0.242. The molecule has 0 fully saturated rings. The van der Waals surface area contributed by atoms with E-state index in [9.17, 15) is 5.11 Å². The fraction of sp³-hybridized carbons (Fsp3) is 0.0769. The summed E-state index contributed by atoms with van der Waals surface area (Å²) in [7, 11) is 0. The van der Waals surface area contributed by atoms with Gasteiger partial charge in [0.25, 0.3) is 0 Å². The molecule has 2 aromatic rings. The highest BCUT2D eigenvalue weighted by molar-refractivity contribution is 6.44. The van der Waals surface area contributed by atoms with Gasteiger partial charge < -0.3 is 10.4 Å². The molecule has 0 bridgehead atoms. The summed E-state index contributed by atoms with van der Waals surface area (Å²) in [6.07, 6.45) is 0. The Morgan fingerprint density at radius 2 is 1.50 bits per heavy atom. The summed E-state index contributed by atoms with van der Waals surface area (Å²) in [6, 6.07) is 10.2. The van der Waals surface area contributed by atoms with Crippen LogP contribution in [0.5, 0.6) is 5.75 Å². The van der Waals surface area contributed by atoms with Crippen molar-refractivity contribution in [1.82, 2.24) is 0 Å². The Morgan fingerprint density at radius 1 is 0.889 bits per heavy atom. The lowest BCUT2D eigenvalue weighted by Crippen LogP contribution is -1.99. The van der Waals surface area contributed by atoms with Crippen molar-refractivity contribution < 1.29 is 5.11 Å². The van der Waals surface area contributed by atoms with E-state index in [1.807, 2.05) is 12.1 Å². The Bertz CT molecular complexity index is 555. The summed E-state index contributed by atoms with van der Waals surface area (Å²) in [6.45, 7) is 0.581. The second-order valence-corrected chi connectivity index (χ2v) is 4.99. The molecule has 0 spiro atoms. The van der Waals surface area contributed by atoms with Crippen molar-refractivity contribution in [2.45, 2.75) is 6.54 Å². The fourth-order valence-electron chi connectivity index (χ4n) is 1.47. The summed E-state index contributed by atoms with van der Waals surface area (Å²) in [5.41, 5.74) is 1.74. The van der Waals surface area contributed by atoms with Gasteiger partial charge in [0.05, 0.1) is 20.8 Å². The lowest BCUT2D eigenvalue weighted by atomic mass is 10.2. The zero-order valence-corrected chi connectivity index (χ0v) is 11.5. The van der Waals surface area contributed by atoms with E-state index in [4.69, 9.17) is 34.8 Å². The second kappa shape index (κ2) is 5.70. The van der Waals surface area contributed by atoms with Gasteiger partial charge in [-0.2, -0.15) is 0 Å². The maximum atomic E-state index is 9.18. The molecule has 2 N–H and O–H groups in total. The smallest absolute Gasteiger partial charge is 0.115 e. The van der Waals surface area contributed by atoms with E-state index in [1.54, 1.807) is 24.3 Å². The molecular formula is C13H10Cl3NO. The number of phenols is 1. The monoisotopic (exact) mass is 301 g/mol. The third-order valence-electron chi connectivity index (χ3n) is 2.43. The van der Waals surface area contributed by atoms with Crippen molar-refractivity contribution in [2.75, 3.05) is 5.32 Å². The van der Waals surface area contributed by atoms with E-state index in [2.05, 4.69) is 5.32 Å². The average molecular weight is 303 g/mol. The normalized spacial score (nSPS) is 10.4. The molecule has 0 amide bonds. The Hall–Kier alpha value is -1.09. The average Bonchev–Trinajstić information content (AvgIpc) is 2.34. The molecular weight excluding hydrogens is 293 g/mol. The Balaban J connectivity index is 2.10. The van der Waals surface area contributed by atoms with Crippen LogP contribution in [0.15, 0.2) is 36.4 Å². The van der Waals surface area contributed by atoms with Crippen LogP contribution in [-0.4, -0.2) is 5.11 Å². The van der Waals surface area contributed by atoms with E-state index in [0.29, 0.717) is 21.6 Å². The summed E-state index contributed by atoms with van der Waals surface area (Å²) in [5, 5.41) is 13.7. The van der Waals surface area contributed by atoms with Crippen LogP contribution in [-0.2, 0) is 6.54 Å². The van der Waals surface area contributed by atoms with Gasteiger partial charge in [-0.3, -0.25) is 0 Å². The molecule has 2 aromatic carbocycles. The molecule has 0 radical (unpaired) electrons. The molecule has 0 saturated heterocycles. The van der Waals surface area contributed by atoms with E-state index in [1.165, 1.54) is 0 Å². The molecule has 0 aliphatic heterocycles. The largest absolute Gasteiger partial charge is 0.508 e. The quantitative estimate of drug-likeness (QED) is 0.785. The number of phenolic OH excluding ortho intramolecular Hbond substituents is 1. The number of benzene rings is 2. The summed E-state index contributed by atoms with van der Waals surface area (Å²) >= 11 is 17.8. The first-order valence-electron chi connectivity index (χ1n) is 5.22.